The summed E-state index contributed by atoms with van der Waals surface area (Å²) in [7, 11) is 0. The van der Waals surface area contributed by atoms with Gasteiger partial charge in [-0.1, -0.05) is 0 Å². The van der Waals surface area contributed by atoms with Gasteiger partial charge in [0.15, 0.2) is 0 Å². The fraction of sp³-hybridized carbons (Fsp3) is 0. The normalized spacial score (nSPS) is 9.81. The van der Waals surface area contributed by atoms with Gasteiger partial charge in [-0.05, 0) is 72.8 Å². The molecule has 0 bridgehead atoms. The van der Waals surface area contributed by atoms with Gasteiger partial charge >= 0.3 is 0 Å². The summed E-state index contributed by atoms with van der Waals surface area (Å²) >= 11 is 0. The lowest BCUT2D eigenvalue weighted by Crippen LogP contribution is -2.15. The molecule has 0 aromatic heterocycles. The molecule has 3 aromatic carbocycles. The SMILES string of the molecule is Cl.N=C(N)c1ccc(NC(=O)c2ccc(C(=O)Nc3ccc(C(=N)N)cc3)cc2)cc1. The van der Waals surface area contributed by atoms with E-state index < -0.39 is 0 Å². The Morgan fingerprint density at radius 1 is 0.548 bits per heavy atom. The zero-order chi connectivity index (χ0) is 21.7. The van der Waals surface area contributed by atoms with Crippen LogP contribution in [0.25, 0.3) is 0 Å². The summed E-state index contributed by atoms with van der Waals surface area (Å²) in [6, 6.07) is 19.5. The summed E-state index contributed by atoms with van der Waals surface area (Å²) in [6.45, 7) is 0. The van der Waals surface area contributed by atoms with E-state index in [2.05, 4.69) is 10.6 Å². The first-order chi connectivity index (χ1) is 14.3. The van der Waals surface area contributed by atoms with Gasteiger partial charge in [-0.25, -0.2) is 0 Å². The monoisotopic (exact) mass is 436 g/mol. The van der Waals surface area contributed by atoms with Crippen molar-refractivity contribution in [1.29, 1.82) is 10.8 Å². The number of carbonyl (C=O) groups is 2. The molecule has 9 heteroatoms. The highest BCUT2D eigenvalue weighted by molar-refractivity contribution is 6.07. The number of anilines is 2. The summed E-state index contributed by atoms with van der Waals surface area (Å²) in [6.07, 6.45) is 0. The molecule has 3 rings (SSSR count). The quantitative estimate of drug-likeness (QED) is 0.259. The number of hydrogen-bond donors (Lipinski definition) is 6. The van der Waals surface area contributed by atoms with Crippen LogP contribution in [0.4, 0.5) is 11.4 Å². The standard InChI is InChI=1S/C22H20N6O2.ClH/c23-19(24)13-5-9-17(10-6-13)27-21(29)15-1-2-16(4-3-15)22(30)28-18-11-7-14(8-12-18)20(25)26;/h1-12H,(H3,23,24)(H3,25,26)(H,27,29)(H,28,30);1H. The van der Waals surface area contributed by atoms with E-state index >= 15 is 0 Å². The van der Waals surface area contributed by atoms with Crippen molar-refractivity contribution in [2.75, 3.05) is 10.6 Å². The van der Waals surface area contributed by atoms with Gasteiger partial charge in [-0.15, -0.1) is 12.4 Å². The highest BCUT2D eigenvalue weighted by Gasteiger charge is 2.10. The number of amides is 2. The topological polar surface area (TPSA) is 158 Å². The average Bonchev–Trinajstić information content (AvgIpc) is 2.74. The van der Waals surface area contributed by atoms with Crippen LogP contribution < -0.4 is 22.1 Å². The van der Waals surface area contributed by atoms with Gasteiger partial charge in [0.25, 0.3) is 11.8 Å². The lowest BCUT2D eigenvalue weighted by atomic mass is 10.1. The average molecular weight is 437 g/mol. The van der Waals surface area contributed by atoms with Gasteiger partial charge in [0.1, 0.15) is 11.7 Å². The molecule has 0 heterocycles. The molecular weight excluding hydrogens is 416 g/mol. The lowest BCUT2D eigenvalue weighted by Gasteiger charge is -2.08. The number of nitrogen functional groups attached to an aromatic ring is 2. The molecule has 31 heavy (non-hydrogen) atoms. The molecule has 0 aliphatic carbocycles. The molecule has 0 saturated heterocycles. The van der Waals surface area contributed by atoms with Crippen LogP contribution in [-0.2, 0) is 0 Å². The van der Waals surface area contributed by atoms with Crippen molar-refractivity contribution >= 4 is 47.3 Å². The Hall–Kier alpha value is -4.17. The first-order valence-electron chi connectivity index (χ1n) is 8.95. The van der Waals surface area contributed by atoms with Gasteiger partial charge in [-0.2, -0.15) is 0 Å². The first-order valence-corrected chi connectivity index (χ1v) is 8.95. The minimum Gasteiger partial charge on any atom is -0.384 e. The van der Waals surface area contributed by atoms with Gasteiger partial charge in [0, 0.05) is 33.6 Å². The van der Waals surface area contributed by atoms with Crippen molar-refractivity contribution < 1.29 is 9.59 Å². The summed E-state index contributed by atoms with van der Waals surface area (Å²) in [5.74, 6) is -0.734. The molecule has 0 unspecified atom stereocenters. The van der Waals surface area contributed by atoms with E-state index in [0.29, 0.717) is 33.6 Å². The molecule has 2 amide bonds. The maximum atomic E-state index is 12.4. The molecular formula is C22H21ClN6O2. The maximum Gasteiger partial charge on any atom is 0.255 e. The van der Waals surface area contributed by atoms with E-state index in [1.54, 1.807) is 72.8 Å². The molecule has 8 nitrogen and oxygen atoms in total. The Kier molecular flexibility index (Phi) is 7.48. The van der Waals surface area contributed by atoms with E-state index in [0.717, 1.165) is 0 Å². The summed E-state index contributed by atoms with van der Waals surface area (Å²) in [4.78, 5) is 24.8. The molecule has 0 aliphatic rings. The molecule has 8 N–H and O–H groups in total. The lowest BCUT2D eigenvalue weighted by molar-refractivity contribution is 0.101. The third kappa shape index (κ3) is 5.91. The number of nitrogens with one attached hydrogen (secondary N) is 4. The van der Waals surface area contributed by atoms with Crippen molar-refractivity contribution in [1.82, 2.24) is 0 Å². The van der Waals surface area contributed by atoms with E-state index in [-0.39, 0.29) is 35.9 Å². The Morgan fingerprint density at radius 2 is 0.806 bits per heavy atom. The van der Waals surface area contributed by atoms with E-state index in [1.807, 2.05) is 0 Å². The number of benzene rings is 3. The third-order valence-electron chi connectivity index (χ3n) is 4.32. The number of hydrogen-bond acceptors (Lipinski definition) is 4. The summed E-state index contributed by atoms with van der Waals surface area (Å²) in [5.41, 5.74) is 13.9. The Bertz CT molecular complexity index is 1020. The maximum absolute atomic E-state index is 12.4. The number of rotatable bonds is 6. The van der Waals surface area contributed by atoms with E-state index in [9.17, 15) is 9.59 Å². The molecule has 0 fully saturated rings. The minimum absolute atomic E-state index is 0. The van der Waals surface area contributed by atoms with Crippen LogP contribution in [0.5, 0.6) is 0 Å². The van der Waals surface area contributed by atoms with E-state index in [1.165, 1.54) is 0 Å². The van der Waals surface area contributed by atoms with Crippen LogP contribution in [0.1, 0.15) is 31.8 Å². The van der Waals surface area contributed by atoms with Gasteiger partial charge in [0.2, 0.25) is 0 Å². The number of halogens is 1. The van der Waals surface area contributed by atoms with Crippen LogP contribution >= 0.6 is 12.4 Å². The highest BCUT2D eigenvalue weighted by Crippen LogP contribution is 2.14. The molecule has 0 radical (unpaired) electrons. The van der Waals surface area contributed by atoms with Crippen molar-refractivity contribution in [3.8, 4) is 0 Å². The largest absolute Gasteiger partial charge is 0.384 e. The molecule has 3 aromatic rings. The predicted molar refractivity (Wildman–Crippen MR) is 125 cm³/mol. The fourth-order valence-corrected chi connectivity index (χ4v) is 2.65. The molecule has 0 aliphatic heterocycles. The van der Waals surface area contributed by atoms with Crippen LogP contribution in [0.15, 0.2) is 72.8 Å². The second-order valence-electron chi connectivity index (χ2n) is 6.47. The van der Waals surface area contributed by atoms with Gasteiger partial charge in [-0.3, -0.25) is 20.4 Å². The van der Waals surface area contributed by atoms with Crippen LogP contribution in [0.3, 0.4) is 0 Å². The number of amidine groups is 2. The van der Waals surface area contributed by atoms with Crippen molar-refractivity contribution in [2.45, 2.75) is 0 Å². The Balaban J connectivity index is 0.00000341. The van der Waals surface area contributed by atoms with Crippen LogP contribution in [-0.4, -0.2) is 23.5 Å². The Labute approximate surface area is 185 Å². The molecule has 0 saturated carbocycles. The second-order valence-corrected chi connectivity index (χ2v) is 6.47. The molecule has 0 atom stereocenters. The highest BCUT2D eigenvalue weighted by atomic mass is 35.5. The van der Waals surface area contributed by atoms with E-state index in [4.69, 9.17) is 22.3 Å². The molecule has 158 valence electrons. The second kappa shape index (κ2) is 10.0. The summed E-state index contributed by atoms with van der Waals surface area (Å²) < 4.78 is 0. The smallest absolute Gasteiger partial charge is 0.255 e. The number of nitrogens with two attached hydrogens (primary N) is 2. The predicted octanol–water partition coefficient (Wildman–Crippen LogP) is 3.18. The Morgan fingerprint density at radius 3 is 1.06 bits per heavy atom. The van der Waals surface area contributed by atoms with Gasteiger partial charge < -0.3 is 22.1 Å². The van der Waals surface area contributed by atoms with Crippen LogP contribution in [0, 0.1) is 10.8 Å². The van der Waals surface area contributed by atoms with Crippen LogP contribution in [0.2, 0.25) is 0 Å². The molecule has 0 spiro atoms. The first kappa shape index (κ1) is 23.1. The zero-order valence-electron chi connectivity index (χ0n) is 16.3. The number of carbonyl (C=O) groups excluding carboxylic acids is 2. The third-order valence-corrected chi connectivity index (χ3v) is 4.32. The minimum atomic E-state index is -0.322. The fourth-order valence-electron chi connectivity index (χ4n) is 2.65. The zero-order valence-corrected chi connectivity index (χ0v) is 17.1. The van der Waals surface area contributed by atoms with Gasteiger partial charge in [0.05, 0.1) is 0 Å². The summed E-state index contributed by atoms with van der Waals surface area (Å²) in [5, 5.41) is 20.3. The van der Waals surface area contributed by atoms with Crippen molar-refractivity contribution in [2.24, 2.45) is 11.5 Å². The van der Waals surface area contributed by atoms with Crippen molar-refractivity contribution in [3.63, 3.8) is 0 Å². The van der Waals surface area contributed by atoms with Crippen molar-refractivity contribution in [3.05, 3.63) is 95.1 Å².